The summed E-state index contributed by atoms with van der Waals surface area (Å²) < 4.78 is 5.33. The van der Waals surface area contributed by atoms with Crippen molar-refractivity contribution >= 4 is 22.7 Å². The van der Waals surface area contributed by atoms with Crippen LogP contribution < -0.4 is 0 Å². The van der Waals surface area contributed by atoms with Crippen LogP contribution in [0, 0.1) is 12.8 Å². The molecule has 0 aliphatic carbocycles. The number of pyridine rings is 1. The number of ether oxygens (including phenoxy) is 1. The molecule has 2 aliphatic heterocycles. The van der Waals surface area contributed by atoms with E-state index in [1.54, 1.807) is 0 Å². The van der Waals surface area contributed by atoms with Crippen molar-refractivity contribution in [3.63, 3.8) is 0 Å². The molecule has 0 atom stereocenters. The average molecular weight is 367 g/mol. The predicted molar refractivity (Wildman–Crippen MR) is 103 cm³/mol. The second kappa shape index (κ2) is 7.64. The highest BCUT2D eigenvalue weighted by Gasteiger charge is 2.31. The van der Waals surface area contributed by atoms with Gasteiger partial charge >= 0.3 is 0 Å². The Balaban J connectivity index is 1.45. The number of carbonyl (C=O) groups is 2. The molecule has 0 radical (unpaired) electrons. The third-order valence-electron chi connectivity index (χ3n) is 5.53. The SMILES string of the molecule is Cc1cc(C(=O)N2CCC(C(=O)N3CCOCC3)CC2)c2ccccc2n1. The van der Waals surface area contributed by atoms with Crippen LogP contribution >= 0.6 is 0 Å². The number of amides is 2. The first kappa shape index (κ1) is 17.9. The number of aryl methyl sites for hydroxylation is 1. The predicted octanol–water partition coefficient (Wildman–Crippen LogP) is 2.25. The Kier molecular flexibility index (Phi) is 5.07. The summed E-state index contributed by atoms with van der Waals surface area (Å²) in [6.07, 6.45) is 1.45. The van der Waals surface area contributed by atoms with Gasteiger partial charge in [0.05, 0.1) is 24.3 Å². The van der Waals surface area contributed by atoms with E-state index in [9.17, 15) is 9.59 Å². The fraction of sp³-hybridized carbons (Fsp3) is 0.476. The molecular weight excluding hydrogens is 342 g/mol. The van der Waals surface area contributed by atoms with Gasteiger partial charge in [0.1, 0.15) is 0 Å². The van der Waals surface area contributed by atoms with Crippen LogP contribution in [-0.4, -0.2) is 66.0 Å². The minimum absolute atomic E-state index is 0.0167. The smallest absolute Gasteiger partial charge is 0.254 e. The van der Waals surface area contributed by atoms with Crippen molar-refractivity contribution in [1.82, 2.24) is 14.8 Å². The molecule has 27 heavy (non-hydrogen) atoms. The van der Waals surface area contributed by atoms with E-state index in [1.165, 1.54) is 0 Å². The van der Waals surface area contributed by atoms with E-state index in [1.807, 2.05) is 47.1 Å². The van der Waals surface area contributed by atoms with Gasteiger partial charge in [-0.2, -0.15) is 0 Å². The molecule has 6 heteroatoms. The molecule has 2 amide bonds. The van der Waals surface area contributed by atoms with Crippen molar-refractivity contribution in [1.29, 1.82) is 0 Å². The molecule has 6 nitrogen and oxygen atoms in total. The van der Waals surface area contributed by atoms with Crippen LogP contribution in [0.2, 0.25) is 0 Å². The number of aromatic nitrogens is 1. The average Bonchev–Trinajstić information content (AvgIpc) is 2.73. The van der Waals surface area contributed by atoms with E-state index in [-0.39, 0.29) is 17.7 Å². The Morgan fingerprint density at radius 1 is 1.04 bits per heavy atom. The fourth-order valence-electron chi connectivity index (χ4n) is 4.03. The zero-order chi connectivity index (χ0) is 18.8. The van der Waals surface area contributed by atoms with E-state index >= 15 is 0 Å². The van der Waals surface area contributed by atoms with Crippen LogP contribution in [0.25, 0.3) is 10.9 Å². The number of piperidine rings is 1. The Morgan fingerprint density at radius 2 is 1.74 bits per heavy atom. The lowest BCUT2D eigenvalue weighted by Crippen LogP contribution is -2.47. The van der Waals surface area contributed by atoms with Gasteiger partial charge in [-0.15, -0.1) is 0 Å². The van der Waals surface area contributed by atoms with Crippen LogP contribution in [0.5, 0.6) is 0 Å². The van der Waals surface area contributed by atoms with Gasteiger partial charge in [-0.25, -0.2) is 0 Å². The molecule has 2 saturated heterocycles. The van der Waals surface area contributed by atoms with Crippen LogP contribution in [-0.2, 0) is 9.53 Å². The van der Waals surface area contributed by atoms with Crippen molar-refractivity contribution < 1.29 is 14.3 Å². The lowest BCUT2D eigenvalue weighted by atomic mass is 9.94. The Labute approximate surface area is 159 Å². The van der Waals surface area contributed by atoms with E-state index in [4.69, 9.17) is 4.74 Å². The maximum atomic E-state index is 13.1. The molecule has 0 saturated carbocycles. The number of fused-ring (bicyclic) bond motifs is 1. The molecule has 1 aromatic heterocycles. The minimum Gasteiger partial charge on any atom is -0.378 e. The van der Waals surface area contributed by atoms with E-state index in [2.05, 4.69) is 4.98 Å². The van der Waals surface area contributed by atoms with Gasteiger partial charge in [-0.05, 0) is 31.9 Å². The molecule has 2 aliphatic rings. The molecule has 3 heterocycles. The van der Waals surface area contributed by atoms with E-state index in [0.29, 0.717) is 45.0 Å². The molecular formula is C21H25N3O3. The summed E-state index contributed by atoms with van der Waals surface area (Å²) in [5.41, 5.74) is 2.39. The quantitative estimate of drug-likeness (QED) is 0.817. The summed E-state index contributed by atoms with van der Waals surface area (Å²) in [5.74, 6) is 0.271. The number of para-hydroxylation sites is 1. The largest absolute Gasteiger partial charge is 0.378 e. The van der Waals surface area contributed by atoms with Crippen LogP contribution in [0.3, 0.4) is 0 Å². The van der Waals surface area contributed by atoms with Crippen molar-refractivity contribution in [3.05, 3.63) is 41.6 Å². The Morgan fingerprint density at radius 3 is 2.48 bits per heavy atom. The summed E-state index contributed by atoms with van der Waals surface area (Å²) in [4.78, 5) is 34.1. The van der Waals surface area contributed by atoms with E-state index in [0.717, 1.165) is 29.4 Å². The maximum absolute atomic E-state index is 13.1. The molecule has 0 bridgehead atoms. The Bertz CT molecular complexity index is 853. The van der Waals surface area contributed by atoms with Crippen LogP contribution in [0.4, 0.5) is 0 Å². The number of carbonyl (C=O) groups excluding carboxylic acids is 2. The second-order valence-corrected chi connectivity index (χ2v) is 7.33. The Hall–Kier alpha value is -2.47. The minimum atomic E-state index is 0.0167. The van der Waals surface area contributed by atoms with Gasteiger partial charge in [-0.3, -0.25) is 14.6 Å². The summed E-state index contributed by atoms with van der Waals surface area (Å²) in [7, 11) is 0. The highest BCUT2D eigenvalue weighted by molar-refractivity contribution is 6.06. The van der Waals surface area contributed by atoms with Crippen LogP contribution in [0.15, 0.2) is 30.3 Å². The molecule has 142 valence electrons. The first-order chi connectivity index (χ1) is 13.1. The molecule has 4 rings (SSSR count). The molecule has 1 aromatic carbocycles. The highest BCUT2D eigenvalue weighted by atomic mass is 16.5. The van der Waals surface area contributed by atoms with Crippen molar-refractivity contribution in [2.45, 2.75) is 19.8 Å². The number of rotatable bonds is 2. The van der Waals surface area contributed by atoms with Crippen molar-refractivity contribution in [2.75, 3.05) is 39.4 Å². The summed E-state index contributed by atoms with van der Waals surface area (Å²) in [5, 5.41) is 0.889. The van der Waals surface area contributed by atoms with Crippen LogP contribution in [0.1, 0.15) is 28.9 Å². The standard InChI is InChI=1S/C21H25N3O3/c1-15-14-18(17-4-2-3-5-19(17)22-15)21(26)23-8-6-16(7-9-23)20(25)24-10-12-27-13-11-24/h2-5,14,16H,6-13H2,1H3. The number of hydrogen-bond donors (Lipinski definition) is 0. The van der Waals surface area contributed by atoms with Gasteiger partial charge in [0.2, 0.25) is 5.91 Å². The maximum Gasteiger partial charge on any atom is 0.254 e. The highest BCUT2D eigenvalue weighted by Crippen LogP contribution is 2.24. The number of nitrogens with zero attached hydrogens (tertiary/aromatic N) is 3. The van der Waals surface area contributed by atoms with E-state index < -0.39 is 0 Å². The van der Waals surface area contributed by atoms with Crippen molar-refractivity contribution in [3.8, 4) is 0 Å². The van der Waals surface area contributed by atoms with Gasteiger partial charge in [0, 0.05) is 43.2 Å². The molecule has 0 unspecified atom stereocenters. The number of likely N-dealkylation sites (tertiary alicyclic amines) is 1. The first-order valence-electron chi connectivity index (χ1n) is 9.65. The van der Waals surface area contributed by atoms with Gasteiger partial charge in [0.15, 0.2) is 0 Å². The van der Waals surface area contributed by atoms with Gasteiger partial charge in [-0.1, -0.05) is 18.2 Å². The zero-order valence-corrected chi connectivity index (χ0v) is 15.7. The summed E-state index contributed by atoms with van der Waals surface area (Å²) in [6, 6.07) is 9.63. The zero-order valence-electron chi connectivity index (χ0n) is 15.7. The first-order valence-corrected chi connectivity index (χ1v) is 9.65. The summed E-state index contributed by atoms with van der Waals surface area (Å²) in [6.45, 7) is 5.76. The van der Waals surface area contributed by atoms with Crippen molar-refractivity contribution in [2.24, 2.45) is 5.92 Å². The molecule has 2 fully saturated rings. The van der Waals surface area contributed by atoms with Gasteiger partial charge in [0.25, 0.3) is 5.91 Å². The lowest BCUT2D eigenvalue weighted by molar-refractivity contribution is -0.141. The number of morpholine rings is 1. The molecule has 2 aromatic rings. The molecule has 0 spiro atoms. The molecule has 0 N–H and O–H groups in total. The fourth-order valence-corrected chi connectivity index (χ4v) is 4.03. The number of benzene rings is 1. The monoisotopic (exact) mass is 367 g/mol. The lowest BCUT2D eigenvalue weighted by Gasteiger charge is -2.35. The third-order valence-corrected chi connectivity index (χ3v) is 5.53. The third kappa shape index (κ3) is 3.67. The van der Waals surface area contributed by atoms with Gasteiger partial charge < -0.3 is 14.5 Å². The number of hydrogen-bond acceptors (Lipinski definition) is 4. The second-order valence-electron chi connectivity index (χ2n) is 7.33. The summed E-state index contributed by atoms with van der Waals surface area (Å²) >= 11 is 0. The normalized spacial score (nSPS) is 18.7. The topological polar surface area (TPSA) is 62.7 Å².